The Hall–Kier alpha value is -1.32. The van der Waals surface area contributed by atoms with Crippen molar-refractivity contribution in [3.05, 3.63) is 51.7 Å². The molecule has 96 valence electrons. The lowest BCUT2D eigenvalue weighted by molar-refractivity contribution is 0.282. The number of nitrogens with zero attached hydrogens (tertiary/aromatic N) is 1. The molecule has 2 rings (SSSR count). The summed E-state index contributed by atoms with van der Waals surface area (Å²) in [6.45, 7) is 6.32. The van der Waals surface area contributed by atoms with Crippen LogP contribution in [0.15, 0.2) is 35.7 Å². The summed E-state index contributed by atoms with van der Waals surface area (Å²) in [4.78, 5) is 3.74. The fourth-order valence-corrected chi connectivity index (χ4v) is 2.85. The molecule has 0 amide bonds. The van der Waals surface area contributed by atoms with Gasteiger partial charge in [0.2, 0.25) is 0 Å². The zero-order valence-electron chi connectivity index (χ0n) is 10.9. The maximum absolute atomic E-state index is 9.14. The van der Waals surface area contributed by atoms with Crippen molar-refractivity contribution in [1.82, 2.24) is 0 Å². The van der Waals surface area contributed by atoms with Gasteiger partial charge in [-0.1, -0.05) is 18.2 Å². The fraction of sp³-hybridized carbons (Fsp3) is 0.333. The maximum Gasteiger partial charge on any atom is 0.0681 e. The number of aliphatic hydroxyl groups excluding tert-OH is 1. The number of aliphatic hydroxyl groups is 1. The topological polar surface area (TPSA) is 23.5 Å². The smallest absolute Gasteiger partial charge is 0.0681 e. The van der Waals surface area contributed by atoms with Gasteiger partial charge in [-0.2, -0.15) is 0 Å². The molecule has 0 saturated carbocycles. The molecule has 0 aliphatic heterocycles. The van der Waals surface area contributed by atoms with Gasteiger partial charge in [0.15, 0.2) is 0 Å². The van der Waals surface area contributed by atoms with Gasteiger partial charge in [0, 0.05) is 17.1 Å². The van der Waals surface area contributed by atoms with Gasteiger partial charge in [0.25, 0.3) is 0 Å². The number of benzene rings is 1. The van der Waals surface area contributed by atoms with Crippen LogP contribution in [-0.2, 0) is 13.2 Å². The first-order valence-electron chi connectivity index (χ1n) is 6.22. The lowest BCUT2D eigenvalue weighted by Crippen LogP contribution is -2.22. The van der Waals surface area contributed by atoms with Gasteiger partial charge in [0.05, 0.1) is 13.2 Å². The highest BCUT2D eigenvalue weighted by Gasteiger charge is 2.09. The zero-order valence-corrected chi connectivity index (χ0v) is 11.7. The summed E-state index contributed by atoms with van der Waals surface area (Å²) < 4.78 is 0. The lowest BCUT2D eigenvalue weighted by atomic mass is 10.1. The van der Waals surface area contributed by atoms with E-state index in [9.17, 15) is 0 Å². The second kappa shape index (κ2) is 6.03. The molecule has 18 heavy (non-hydrogen) atoms. The molecule has 2 nitrogen and oxygen atoms in total. The van der Waals surface area contributed by atoms with E-state index in [0.29, 0.717) is 0 Å². The quantitative estimate of drug-likeness (QED) is 0.889. The fourth-order valence-electron chi connectivity index (χ4n) is 2.13. The second-order valence-electron chi connectivity index (χ2n) is 4.37. The van der Waals surface area contributed by atoms with E-state index < -0.39 is 0 Å². The first-order chi connectivity index (χ1) is 8.74. The summed E-state index contributed by atoms with van der Waals surface area (Å²) in [5, 5.41) is 11.3. The van der Waals surface area contributed by atoms with E-state index in [2.05, 4.69) is 48.4 Å². The van der Waals surface area contributed by atoms with Crippen LogP contribution in [0.1, 0.15) is 22.9 Å². The Balaban J connectivity index is 2.22. The third-order valence-electron chi connectivity index (χ3n) is 3.09. The van der Waals surface area contributed by atoms with Crippen molar-refractivity contribution >= 4 is 17.0 Å². The summed E-state index contributed by atoms with van der Waals surface area (Å²) >= 11 is 1.79. The molecule has 0 radical (unpaired) electrons. The Morgan fingerprint density at radius 3 is 2.67 bits per heavy atom. The molecule has 3 heteroatoms. The second-order valence-corrected chi connectivity index (χ2v) is 5.40. The van der Waals surface area contributed by atoms with Crippen LogP contribution in [0.4, 0.5) is 5.69 Å². The molecule has 1 aromatic heterocycles. The Morgan fingerprint density at radius 2 is 2.11 bits per heavy atom. The van der Waals surface area contributed by atoms with Gasteiger partial charge >= 0.3 is 0 Å². The SMILES string of the molecule is CCN(Cc1cccs1)c1ccc(CO)cc1C. The van der Waals surface area contributed by atoms with E-state index in [4.69, 9.17) is 5.11 Å². The minimum Gasteiger partial charge on any atom is -0.392 e. The van der Waals surface area contributed by atoms with E-state index >= 15 is 0 Å². The van der Waals surface area contributed by atoms with Gasteiger partial charge in [-0.05, 0) is 42.5 Å². The van der Waals surface area contributed by atoms with Crippen molar-refractivity contribution in [2.75, 3.05) is 11.4 Å². The monoisotopic (exact) mass is 261 g/mol. The van der Waals surface area contributed by atoms with Crippen molar-refractivity contribution < 1.29 is 5.11 Å². The normalized spacial score (nSPS) is 10.6. The van der Waals surface area contributed by atoms with Crippen molar-refractivity contribution in [2.45, 2.75) is 27.0 Å². The summed E-state index contributed by atoms with van der Waals surface area (Å²) in [5.41, 5.74) is 3.45. The molecule has 1 aromatic carbocycles. The van der Waals surface area contributed by atoms with Crippen LogP contribution in [0.3, 0.4) is 0 Å². The minimum absolute atomic E-state index is 0.109. The van der Waals surface area contributed by atoms with Crippen molar-refractivity contribution in [1.29, 1.82) is 0 Å². The average Bonchev–Trinajstić information content (AvgIpc) is 2.89. The molecule has 2 aromatic rings. The van der Waals surface area contributed by atoms with Crippen LogP contribution >= 0.6 is 11.3 Å². The summed E-state index contributed by atoms with van der Waals surface area (Å²) in [6.07, 6.45) is 0. The van der Waals surface area contributed by atoms with Crippen LogP contribution in [0.2, 0.25) is 0 Å². The van der Waals surface area contributed by atoms with Crippen LogP contribution < -0.4 is 4.90 Å². The van der Waals surface area contributed by atoms with Crippen molar-refractivity contribution in [3.8, 4) is 0 Å². The molecule has 1 heterocycles. The first-order valence-corrected chi connectivity index (χ1v) is 7.10. The molecule has 0 fully saturated rings. The Labute approximate surface area is 113 Å². The van der Waals surface area contributed by atoms with Gasteiger partial charge in [-0.3, -0.25) is 0 Å². The molecule has 0 aliphatic carbocycles. The van der Waals surface area contributed by atoms with Gasteiger partial charge < -0.3 is 10.0 Å². The van der Waals surface area contributed by atoms with Gasteiger partial charge in [-0.15, -0.1) is 11.3 Å². The van der Waals surface area contributed by atoms with E-state index in [-0.39, 0.29) is 6.61 Å². The molecule has 0 atom stereocenters. The molecule has 1 N–H and O–H groups in total. The molecule has 0 unspecified atom stereocenters. The van der Waals surface area contributed by atoms with E-state index in [0.717, 1.165) is 18.7 Å². The number of rotatable bonds is 5. The predicted octanol–water partition coefficient (Wildman–Crippen LogP) is 3.58. The maximum atomic E-state index is 9.14. The van der Waals surface area contributed by atoms with Crippen LogP contribution in [0.5, 0.6) is 0 Å². The number of hydrogen-bond acceptors (Lipinski definition) is 3. The molecular formula is C15H19NOS. The Bertz CT molecular complexity index is 493. The molecule has 0 aliphatic rings. The van der Waals surface area contributed by atoms with E-state index in [1.807, 2.05) is 6.07 Å². The highest BCUT2D eigenvalue weighted by molar-refractivity contribution is 7.09. The number of anilines is 1. The standard InChI is InChI=1S/C15H19NOS/c1-3-16(10-14-5-4-8-18-14)15-7-6-13(11-17)9-12(15)2/h4-9,17H,3,10-11H2,1-2H3. The van der Waals surface area contributed by atoms with Crippen LogP contribution in [-0.4, -0.2) is 11.7 Å². The van der Waals surface area contributed by atoms with Crippen LogP contribution in [0, 0.1) is 6.92 Å². The van der Waals surface area contributed by atoms with E-state index in [1.165, 1.54) is 16.1 Å². The minimum atomic E-state index is 0.109. The third kappa shape index (κ3) is 2.92. The summed E-state index contributed by atoms with van der Waals surface area (Å²) in [5.74, 6) is 0. The molecule has 0 spiro atoms. The third-order valence-corrected chi connectivity index (χ3v) is 3.95. The number of hydrogen-bond donors (Lipinski definition) is 1. The highest BCUT2D eigenvalue weighted by atomic mass is 32.1. The zero-order chi connectivity index (χ0) is 13.0. The molecular weight excluding hydrogens is 242 g/mol. The largest absolute Gasteiger partial charge is 0.392 e. The van der Waals surface area contributed by atoms with Gasteiger partial charge in [-0.25, -0.2) is 0 Å². The average molecular weight is 261 g/mol. The Kier molecular flexibility index (Phi) is 4.39. The summed E-state index contributed by atoms with van der Waals surface area (Å²) in [6, 6.07) is 10.4. The molecule has 0 bridgehead atoms. The van der Waals surface area contributed by atoms with E-state index in [1.54, 1.807) is 11.3 Å². The van der Waals surface area contributed by atoms with Gasteiger partial charge in [0.1, 0.15) is 0 Å². The van der Waals surface area contributed by atoms with Crippen molar-refractivity contribution in [2.24, 2.45) is 0 Å². The lowest BCUT2D eigenvalue weighted by Gasteiger charge is -2.24. The summed E-state index contributed by atoms with van der Waals surface area (Å²) in [7, 11) is 0. The Morgan fingerprint density at radius 1 is 1.28 bits per heavy atom. The first kappa shape index (κ1) is 13.1. The van der Waals surface area contributed by atoms with Crippen molar-refractivity contribution in [3.63, 3.8) is 0 Å². The van der Waals surface area contributed by atoms with Crippen LogP contribution in [0.25, 0.3) is 0 Å². The highest BCUT2D eigenvalue weighted by Crippen LogP contribution is 2.24. The predicted molar refractivity (Wildman–Crippen MR) is 78.1 cm³/mol. The number of aryl methyl sites for hydroxylation is 1. The number of thiophene rings is 1. The molecule has 0 saturated heterocycles.